The zero-order chi connectivity index (χ0) is 19.0. The average Bonchev–Trinajstić information content (AvgIpc) is 2.67. The number of carbonyl (C=O) groups excluding carboxylic acids is 1. The first-order valence-electron chi connectivity index (χ1n) is 8.29. The number of aromatic amines is 1. The minimum atomic E-state index is -0.703. The van der Waals surface area contributed by atoms with Gasteiger partial charge < -0.3 is 14.3 Å². The van der Waals surface area contributed by atoms with Crippen molar-refractivity contribution in [2.75, 3.05) is 7.05 Å². The molecule has 0 aliphatic heterocycles. The van der Waals surface area contributed by atoms with E-state index in [-0.39, 0.29) is 17.7 Å². The van der Waals surface area contributed by atoms with E-state index in [1.54, 1.807) is 48.5 Å². The van der Waals surface area contributed by atoms with Crippen LogP contribution in [0.25, 0.3) is 21.9 Å². The number of fused-ring (bicyclic) bond motifs is 2. The van der Waals surface area contributed by atoms with E-state index in [4.69, 9.17) is 4.42 Å². The van der Waals surface area contributed by atoms with Gasteiger partial charge in [-0.25, -0.2) is 9.78 Å². The fourth-order valence-electron chi connectivity index (χ4n) is 2.92. The normalized spacial score (nSPS) is 11.0. The molecule has 1 N–H and O–H groups in total. The quantitative estimate of drug-likeness (QED) is 0.565. The summed E-state index contributed by atoms with van der Waals surface area (Å²) < 4.78 is 5.21. The minimum absolute atomic E-state index is 0.0468. The molecule has 2 heterocycles. The zero-order valence-corrected chi connectivity index (χ0v) is 14.4. The van der Waals surface area contributed by atoms with Gasteiger partial charge in [-0.05, 0) is 24.3 Å². The predicted octanol–water partition coefficient (Wildman–Crippen LogP) is 2.30. The standard InChI is InChI=1S/C20H15N3O4/c1-23(11-17-21-15-8-4-3-7-13(15)18(24)22-17)19(25)14-10-12-6-2-5-9-16(12)27-20(14)26/h2-10H,11H2,1H3,(H,21,22,24). The van der Waals surface area contributed by atoms with Gasteiger partial charge in [0.05, 0.1) is 17.4 Å². The fraction of sp³-hybridized carbons (Fsp3) is 0.100. The highest BCUT2D eigenvalue weighted by molar-refractivity contribution is 5.96. The third kappa shape index (κ3) is 3.10. The Morgan fingerprint density at radius 3 is 2.70 bits per heavy atom. The molecule has 7 heteroatoms. The average molecular weight is 361 g/mol. The third-order valence-corrected chi connectivity index (χ3v) is 4.27. The van der Waals surface area contributed by atoms with Gasteiger partial charge in [-0.2, -0.15) is 0 Å². The van der Waals surface area contributed by atoms with Crippen LogP contribution in [0, 0.1) is 0 Å². The highest BCUT2D eigenvalue weighted by Gasteiger charge is 2.19. The molecule has 27 heavy (non-hydrogen) atoms. The van der Waals surface area contributed by atoms with E-state index in [0.717, 1.165) is 0 Å². The summed E-state index contributed by atoms with van der Waals surface area (Å²) in [4.78, 5) is 45.4. The Balaban J connectivity index is 1.66. The van der Waals surface area contributed by atoms with Gasteiger partial charge in [0.2, 0.25) is 0 Å². The van der Waals surface area contributed by atoms with Crippen molar-refractivity contribution in [3.8, 4) is 0 Å². The van der Waals surface area contributed by atoms with E-state index in [2.05, 4.69) is 9.97 Å². The van der Waals surface area contributed by atoms with Crippen LogP contribution in [-0.4, -0.2) is 27.8 Å². The second-order valence-electron chi connectivity index (χ2n) is 6.18. The number of amides is 1. The Hall–Kier alpha value is -3.74. The van der Waals surface area contributed by atoms with Crippen LogP contribution in [0.3, 0.4) is 0 Å². The Morgan fingerprint density at radius 1 is 1.11 bits per heavy atom. The van der Waals surface area contributed by atoms with Crippen LogP contribution in [0.5, 0.6) is 0 Å². The first-order chi connectivity index (χ1) is 13.0. The lowest BCUT2D eigenvalue weighted by Gasteiger charge is -2.16. The van der Waals surface area contributed by atoms with E-state index >= 15 is 0 Å². The second-order valence-corrected chi connectivity index (χ2v) is 6.18. The SMILES string of the molecule is CN(Cc1nc2ccccc2c(=O)[nH]1)C(=O)c1cc2ccccc2oc1=O. The number of rotatable bonds is 3. The van der Waals surface area contributed by atoms with Crippen LogP contribution in [-0.2, 0) is 6.54 Å². The van der Waals surface area contributed by atoms with Gasteiger partial charge in [-0.3, -0.25) is 9.59 Å². The van der Waals surface area contributed by atoms with Gasteiger partial charge in [0.1, 0.15) is 17.0 Å². The Kier molecular flexibility index (Phi) is 4.04. The van der Waals surface area contributed by atoms with Crippen LogP contribution >= 0.6 is 0 Å². The number of H-pyrrole nitrogens is 1. The molecule has 134 valence electrons. The lowest BCUT2D eigenvalue weighted by molar-refractivity contribution is 0.0777. The number of nitrogens with one attached hydrogen (secondary N) is 1. The first-order valence-corrected chi connectivity index (χ1v) is 8.29. The Morgan fingerprint density at radius 2 is 1.85 bits per heavy atom. The molecule has 7 nitrogen and oxygen atoms in total. The van der Waals surface area contributed by atoms with Crippen molar-refractivity contribution < 1.29 is 9.21 Å². The molecule has 4 rings (SSSR count). The van der Waals surface area contributed by atoms with Crippen molar-refractivity contribution in [3.05, 3.63) is 86.8 Å². The maximum atomic E-state index is 12.7. The smallest absolute Gasteiger partial charge is 0.349 e. The minimum Gasteiger partial charge on any atom is -0.422 e. The monoisotopic (exact) mass is 361 g/mol. The molecule has 0 aliphatic rings. The van der Waals surface area contributed by atoms with Gasteiger partial charge in [-0.1, -0.05) is 30.3 Å². The lowest BCUT2D eigenvalue weighted by Crippen LogP contribution is -2.31. The van der Waals surface area contributed by atoms with Crippen LogP contribution in [0.2, 0.25) is 0 Å². The topological polar surface area (TPSA) is 96.3 Å². The summed E-state index contributed by atoms with van der Waals surface area (Å²) >= 11 is 0. The van der Waals surface area contributed by atoms with E-state index in [0.29, 0.717) is 27.7 Å². The summed E-state index contributed by atoms with van der Waals surface area (Å²) in [5, 5.41) is 1.14. The fourth-order valence-corrected chi connectivity index (χ4v) is 2.92. The summed E-state index contributed by atoms with van der Waals surface area (Å²) in [6.45, 7) is 0.0468. The van der Waals surface area contributed by atoms with Crippen molar-refractivity contribution in [2.45, 2.75) is 6.54 Å². The van der Waals surface area contributed by atoms with Gasteiger partial charge in [0.25, 0.3) is 11.5 Å². The molecular weight excluding hydrogens is 346 g/mol. The van der Waals surface area contributed by atoms with E-state index in [1.165, 1.54) is 18.0 Å². The summed E-state index contributed by atoms with van der Waals surface area (Å²) in [6, 6.07) is 15.4. The zero-order valence-electron chi connectivity index (χ0n) is 14.4. The first kappa shape index (κ1) is 16.7. The van der Waals surface area contributed by atoms with Gasteiger partial charge in [-0.15, -0.1) is 0 Å². The highest BCUT2D eigenvalue weighted by Crippen LogP contribution is 2.14. The van der Waals surface area contributed by atoms with E-state index in [1.807, 2.05) is 0 Å². The molecule has 0 fully saturated rings. The summed E-state index contributed by atoms with van der Waals surface area (Å²) in [6.07, 6.45) is 0. The molecule has 0 bridgehead atoms. The number of para-hydroxylation sites is 2. The van der Waals surface area contributed by atoms with Gasteiger partial charge in [0.15, 0.2) is 0 Å². The summed E-state index contributed by atoms with van der Waals surface area (Å²) in [7, 11) is 1.53. The lowest BCUT2D eigenvalue weighted by atomic mass is 10.1. The van der Waals surface area contributed by atoms with Crippen molar-refractivity contribution in [1.29, 1.82) is 0 Å². The number of nitrogens with zero attached hydrogens (tertiary/aromatic N) is 2. The van der Waals surface area contributed by atoms with Crippen LogP contribution < -0.4 is 11.2 Å². The number of benzene rings is 2. The Labute approximate surface area is 152 Å². The van der Waals surface area contributed by atoms with Gasteiger partial charge in [0, 0.05) is 12.4 Å². The molecule has 0 saturated heterocycles. The third-order valence-electron chi connectivity index (χ3n) is 4.27. The Bertz CT molecular complexity index is 1290. The second kappa shape index (κ2) is 6.53. The van der Waals surface area contributed by atoms with E-state index in [9.17, 15) is 14.4 Å². The molecule has 2 aromatic heterocycles. The molecule has 0 aliphatic carbocycles. The largest absolute Gasteiger partial charge is 0.422 e. The molecule has 4 aromatic rings. The molecular formula is C20H15N3O4. The van der Waals surface area contributed by atoms with Crippen LogP contribution in [0.1, 0.15) is 16.2 Å². The molecule has 0 atom stereocenters. The molecule has 0 saturated carbocycles. The molecule has 2 aromatic carbocycles. The predicted molar refractivity (Wildman–Crippen MR) is 101 cm³/mol. The number of aromatic nitrogens is 2. The van der Waals surface area contributed by atoms with E-state index < -0.39 is 11.5 Å². The highest BCUT2D eigenvalue weighted by atomic mass is 16.4. The summed E-state index contributed by atoms with van der Waals surface area (Å²) in [5.41, 5.74) is -0.0870. The van der Waals surface area contributed by atoms with Crippen LogP contribution in [0.15, 0.2) is 68.6 Å². The van der Waals surface area contributed by atoms with Crippen molar-refractivity contribution >= 4 is 27.8 Å². The maximum Gasteiger partial charge on any atom is 0.349 e. The van der Waals surface area contributed by atoms with Gasteiger partial charge >= 0.3 is 5.63 Å². The number of hydrogen-bond acceptors (Lipinski definition) is 5. The molecule has 1 amide bonds. The van der Waals surface area contributed by atoms with Crippen LogP contribution in [0.4, 0.5) is 0 Å². The maximum absolute atomic E-state index is 12.7. The molecule has 0 spiro atoms. The molecule has 0 radical (unpaired) electrons. The number of hydrogen-bond donors (Lipinski definition) is 1. The summed E-state index contributed by atoms with van der Waals surface area (Å²) in [5.74, 6) is -0.176. The molecule has 0 unspecified atom stereocenters. The van der Waals surface area contributed by atoms with Crippen molar-refractivity contribution in [3.63, 3.8) is 0 Å². The van der Waals surface area contributed by atoms with Crippen molar-refractivity contribution in [2.24, 2.45) is 0 Å². The number of carbonyl (C=O) groups is 1. The van der Waals surface area contributed by atoms with Crippen molar-refractivity contribution in [1.82, 2.24) is 14.9 Å².